The van der Waals surface area contributed by atoms with Crippen LogP contribution in [0.15, 0.2) is 23.0 Å². The van der Waals surface area contributed by atoms with Crippen molar-refractivity contribution >= 4 is 22.9 Å². The average molecular weight is 345 g/mol. The summed E-state index contributed by atoms with van der Waals surface area (Å²) >= 11 is 0. The van der Waals surface area contributed by atoms with Gasteiger partial charge in [0.2, 0.25) is 0 Å². The molecule has 0 spiro atoms. The van der Waals surface area contributed by atoms with E-state index in [4.69, 9.17) is 5.11 Å². The molecule has 134 valence electrons. The highest BCUT2D eigenvalue weighted by atomic mass is 16.4. The summed E-state index contributed by atoms with van der Waals surface area (Å²) in [6, 6.07) is 5.32. The number of H-pyrrole nitrogens is 1. The monoisotopic (exact) mass is 345 g/mol. The van der Waals surface area contributed by atoms with Crippen LogP contribution < -0.4 is 5.69 Å². The number of nitrogens with zero attached hydrogens (tertiary/aromatic N) is 2. The van der Waals surface area contributed by atoms with Crippen molar-refractivity contribution in [3.63, 3.8) is 0 Å². The number of carbonyl (C=O) groups excluding carboxylic acids is 1. The minimum Gasteiger partial charge on any atom is -0.480 e. The number of aromatic nitrogens is 2. The minimum absolute atomic E-state index is 0.151. The molecule has 0 bridgehead atoms. The number of benzene rings is 1. The summed E-state index contributed by atoms with van der Waals surface area (Å²) in [6.07, 6.45) is 4.92. The first-order valence-electron chi connectivity index (χ1n) is 8.76. The van der Waals surface area contributed by atoms with Crippen molar-refractivity contribution in [3.05, 3.63) is 34.2 Å². The summed E-state index contributed by atoms with van der Waals surface area (Å²) < 4.78 is 1.79. The lowest BCUT2D eigenvalue weighted by molar-refractivity contribution is -0.137. The van der Waals surface area contributed by atoms with E-state index >= 15 is 0 Å². The number of hydrogen-bond acceptors (Lipinski definition) is 3. The molecule has 1 amide bonds. The van der Waals surface area contributed by atoms with Gasteiger partial charge in [0.25, 0.3) is 5.91 Å². The quantitative estimate of drug-likeness (QED) is 0.840. The van der Waals surface area contributed by atoms with E-state index in [1.54, 1.807) is 22.8 Å². The highest BCUT2D eigenvalue weighted by Crippen LogP contribution is 2.30. The second kappa shape index (κ2) is 7.13. The maximum absolute atomic E-state index is 12.6. The van der Waals surface area contributed by atoms with Crippen molar-refractivity contribution in [2.24, 2.45) is 0 Å². The molecular weight excluding hydrogens is 322 g/mol. The number of carboxylic acid groups (broad SMARTS) is 1. The molecule has 0 saturated heterocycles. The van der Waals surface area contributed by atoms with Crippen LogP contribution in [0, 0.1) is 0 Å². The number of fused-ring (bicyclic) bond motifs is 1. The minimum atomic E-state index is -1.04. The Hall–Kier alpha value is -2.57. The Balaban J connectivity index is 1.94. The molecule has 0 radical (unpaired) electrons. The first-order valence-corrected chi connectivity index (χ1v) is 8.76. The molecule has 1 aromatic carbocycles. The molecule has 1 aromatic heterocycles. The fourth-order valence-electron chi connectivity index (χ4n) is 3.66. The second-order valence-electron chi connectivity index (χ2n) is 6.59. The molecule has 7 heteroatoms. The van der Waals surface area contributed by atoms with E-state index in [2.05, 4.69) is 4.98 Å². The molecule has 3 rings (SSSR count). The summed E-state index contributed by atoms with van der Waals surface area (Å²) in [7, 11) is 0. The number of rotatable bonds is 6. The molecule has 2 N–H and O–H groups in total. The smallest absolute Gasteiger partial charge is 0.326 e. The van der Waals surface area contributed by atoms with Crippen molar-refractivity contribution in [2.75, 3.05) is 13.1 Å². The molecule has 25 heavy (non-hydrogen) atoms. The molecular formula is C18H23N3O4. The Morgan fingerprint density at radius 2 is 2.04 bits per heavy atom. The van der Waals surface area contributed by atoms with Gasteiger partial charge in [-0.2, -0.15) is 0 Å². The number of aromatic amines is 1. The predicted octanol–water partition coefficient (Wildman–Crippen LogP) is 2.38. The Morgan fingerprint density at radius 3 is 2.68 bits per heavy atom. The van der Waals surface area contributed by atoms with Gasteiger partial charge in [-0.3, -0.25) is 14.2 Å². The topological polar surface area (TPSA) is 95.4 Å². The molecule has 1 saturated carbocycles. The molecule has 0 unspecified atom stereocenters. The van der Waals surface area contributed by atoms with Crippen LogP contribution in [0.3, 0.4) is 0 Å². The highest BCUT2D eigenvalue weighted by molar-refractivity contribution is 5.98. The van der Waals surface area contributed by atoms with E-state index in [0.717, 1.165) is 31.2 Å². The van der Waals surface area contributed by atoms with Crippen LogP contribution in [-0.2, 0) is 4.79 Å². The van der Waals surface area contributed by atoms with E-state index < -0.39 is 5.97 Å². The third-order valence-corrected chi connectivity index (χ3v) is 4.76. The van der Waals surface area contributed by atoms with Crippen LogP contribution in [-0.4, -0.2) is 44.5 Å². The summed E-state index contributed by atoms with van der Waals surface area (Å²) in [5.74, 6) is -1.37. The van der Waals surface area contributed by atoms with Crippen molar-refractivity contribution in [2.45, 2.75) is 45.1 Å². The molecule has 1 aliphatic rings. The van der Waals surface area contributed by atoms with Gasteiger partial charge in [-0.05, 0) is 37.5 Å². The average Bonchev–Trinajstić information content (AvgIpc) is 3.18. The number of carbonyl (C=O) groups is 2. The van der Waals surface area contributed by atoms with Gasteiger partial charge in [0.15, 0.2) is 0 Å². The highest BCUT2D eigenvalue weighted by Gasteiger charge is 2.23. The van der Waals surface area contributed by atoms with Crippen LogP contribution in [0.25, 0.3) is 11.0 Å². The summed E-state index contributed by atoms with van der Waals surface area (Å²) in [5, 5.41) is 8.99. The fourth-order valence-corrected chi connectivity index (χ4v) is 3.66. The summed E-state index contributed by atoms with van der Waals surface area (Å²) in [5.41, 5.74) is 1.66. The van der Waals surface area contributed by atoms with Crippen LogP contribution in [0.4, 0.5) is 0 Å². The van der Waals surface area contributed by atoms with Crippen LogP contribution in [0.2, 0.25) is 0 Å². The lowest BCUT2D eigenvalue weighted by Crippen LogP contribution is -2.36. The molecule has 1 aliphatic carbocycles. The Morgan fingerprint density at radius 1 is 1.32 bits per heavy atom. The Labute approximate surface area is 145 Å². The molecule has 0 aliphatic heterocycles. The van der Waals surface area contributed by atoms with Crippen molar-refractivity contribution in [1.29, 1.82) is 0 Å². The first kappa shape index (κ1) is 17.3. The molecule has 1 fully saturated rings. The van der Waals surface area contributed by atoms with Crippen LogP contribution >= 0.6 is 0 Å². The third-order valence-electron chi connectivity index (χ3n) is 4.76. The van der Waals surface area contributed by atoms with E-state index in [1.165, 1.54) is 4.90 Å². The van der Waals surface area contributed by atoms with E-state index in [1.807, 2.05) is 6.92 Å². The lowest BCUT2D eigenvalue weighted by Gasteiger charge is -2.20. The number of imidazole rings is 1. The number of aliphatic carboxylic acids is 1. The van der Waals surface area contributed by atoms with E-state index in [0.29, 0.717) is 24.0 Å². The number of nitrogens with one attached hydrogen (secondary N) is 1. The van der Waals surface area contributed by atoms with Crippen molar-refractivity contribution in [1.82, 2.24) is 14.5 Å². The van der Waals surface area contributed by atoms with Crippen LogP contribution in [0.5, 0.6) is 0 Å². The van der Waals surface area contributed by atoms with Gasteiger partial charge < -0.3 is 15.0 Å². The van der Waals surface area contributed by atoms with Gasteiger partial charge in [-0.1, -0.05) is 19.8 Å². The van der Waals surface area contributed by atoms with Gasteiger partial charge in [0, 0.05) is 18.2 Å². The molecule has 7 nitrogen and oxygen atoms in total. The number of hydrogen-bond donors (Lipinski definition) is 2. The predicted molar refractivity (Wildman–Crippen MR) is 93.9 cm³/mol. The van der Waals surface area contributed by atoms with Crippen molar-refractivity contribution < 1.29 is 14.7 Å². The largest absolute Gasteiger partial charge is 0.480 e. The summed E-state index contributed by atoms with van der Waals surface area (Å²) in [4.78, 5) is 40.1. The fraction of sp³-hybridized carbons (Fsp3) is 0.500. The number of carboxylic acids is 1. The second-order valence-corrected chi connectivity index (χ2v) is 6.59. The zero-order valence-electron chi connectivity index (χ0n) is 14.3. The zero-order valence-corrected chi connectivity index (χ0v) is 14.3. The summed E-state index contributed by atoms with van der Waals surface area (Å²) in [6.45, 7) is 1.94. The standard InChI is InChI=1S/C18H23N3O4/c1-2-9-20(11-16(22)23)17(24)12-7-8-15-14(10-12)19-18(25)21(15)13-5-3-4-6-13/h7-8,10,13H,2-6,9,11H2,1H3,(H,19,25)(H,22,23). The van der Waals surface area contributed by atoms with Crippen molar-refractivity contribution in [3.8, 4) is 0 Å². The van der Waals surface area contributed by atoms with E-state index in [9.17, 15) is 14.4 Å². The Kier molecular flexibility index (Phi) is 4.92. The molecule has 0 atom stereocenters. The maximum Gasteiger partial charge on any atom is 0.326 e. The first-order chi connectivity index (χ1) is 12.0. The maximum atomic E-state index is 12.6. The zero-order chi connectivity index (χ0) is 18.0. The molecule has 1 heterocycles. The van der Waals surface area contributed by atoms with Gasteiger partial charge in [-0.15, -0.1) is 0 Å². The number of amides is 1. The van der Waals surface area contributed by atoms with Gasteiger partial charge in [0.1, 0.15) is 6.54 Å². The SMILES string of the molecule is CCCN(CC(=O)O)C(=O)c1ccc2c(c1)[nH]c(=O)n2C1CCCC1. The van der Waals surface area contributed by atoms with E-state index in [-0.39, 0.29) is 24.2 Å². The van der Waals surface area contributed by atoms with Gasteiger partial charge in [-0.25, -0.2) is 4.79 Å². The third kappa shape index (κ3) is 3.45. The Bertz CT molecular complexity index is 846. The normalized spacial score (nSPS) is 14.9. The van der Waals surface area contributed by atoms with Crippen LogP contribution in [0.1, 0.15) is 55.4 Å². The van der Waals surface area contributed by atoms with Gasteiger partial charge in [0.05, 0.1) is 11.0 Å². The van der Waals surface area contributed by atoms with Gasteiger partial charge >= 0.3 is 11.7 Å². The molecule has 2 aromatic rings. The lowest BCUT2D eigenvalue weighted by atomic mass is 10.1.